The van der Waals surface area contributed by atoms with E-state index in [1.54, 1.807) is 13.8 Å². The Morgan fingerprint density at radius 3 is 2.00 bits per heavy atom. The molecule has 1 saturated heterocycles. The van der Waals surface area contributed by atoms with E-state index in [0.717, 1.165) is 11.8 Å². The maximum Gasteiger partial charge on any atom is 0.289 e. The number of amides is 2. The third-order valence-electron chi connectivity index (χ3n) is 1.79. The Morgan fingerprint density at radius 2 is 1.83 bits per heavy atom. The Balaban J connectivity index is 2.93. The summed E-state index contributed by atoms with van der Waals surface area (Å²) in [4.78, 5) is 24.2. The highest BCUT2D eigenvalue weighted by molar-refractivity contribution is 8.16. The van der Waals surface area contributed by atoms with Crippen LogP contribution in [0.5, 0.6) is 0 Å². The van der Waals surface area contributed by atoms with Crippen molar-refractivity contribution in [1.29, 1.82) is 0 Å². The van der Waals surface area contributed by atoms with Crippen molar-refractivity contribution < 1.29 is 9.59 Å². The number of hydrogen-bond acceptors (Lipinski definition) is 3. The number of rotatable bonds is 1. The van der Waals surface area contributed by atoms with Crippen LogP contribution in [0.15, 0.2) is 0 Å². The molecule has 0 aromatic rings. The minimum atomic E-state index is -0.568. The van der Waals surface area contributed by atoms with E-state index in [9.17, 15) is 9.59 Å². The molecule has 1 fully saturated rings. The second-order valence-corrected chi connectivity index (χ2v) is 5.22. The Labute approximate surface area is 76.5 Å². The molecule has 1 heterocycles. The summed E-state index contributed by atoms with van der Waals surface area (Å²) < 4.78 is -0.568. The largest absolute Gasteiger partial charge is 0.289 e. The summed E-state index contributed by atoms with van der Waals surface area (Å²) in [5, 5.41) is -0.125. The van der Waals surface area contributed by atoms with Gasteiger partial charge in [0.2, 0.25) is 5.91 Å². The predicted octanol–water partition coefficient (Wildman–Crippen LogP) is 1.87. The first-order chi connectivity index (χ1) is 5.36. The van der Waals surface area contributed by atoms with Gasteiger partial charge in [0.05, 0.1) is 4.75 Å². The van der Waals surface area contributed by atoms with Crippen molar-refractivity contribution in [2.24, 2.45) is 0 Å². The van der Waals surface area contributed by atoms with Crippen LogP contribution in [0.1, 0.15) is 27.7 Å². The fourth-order valence-corrected chi connectivity index (χ4v) is 2.14. The number of thioether (sulfide) groups is 1. The highest BCUT2D eigenvalue weighted by atomic mass is 32.2. The third-order valence-corrected chi connectivity index (χ3v) is 2.85. The lowest BCUT2D eigenvalue weighted by Crippen LogP contribution is -2.40. The minimum Gasteiger partial charge on any atom is -0.273 e. The van der Waals surface area contributed by atoms with Crippen molar-refractivity contribution in [2.75, 3.05) is 0 Å². The molecule has 3 nitrogen and oxygen atoms in total. The highest BCUT2D eigenvalue weighted by Crippen LogP contribution is 2.37. The van der Waals surface area contributed by atoms with Gasteiger partial charge in [0.25, 0.3) is 5.24 Å². The smallest absolute Gasteiger partial charge is 0.273 e. The number of nitrogens with zero attached hydrogens (tertiary/aromatic N) is 1. The SMILES string of the molecule is CC(C)N1C(=O)SC(C)(C)C1=O. The van der Waals surface area contributed by atoms with E-state index in [4.69, 9.17) is 0 Å². The van der Waals surface area contributed by atoms with Gasteiger partial charge in [0.1, 0.15) is 0 Å². The van der Waals surface area contributed by atoms with E-state index < -0.39 is 4.75 Å². The van der Waals surface area contributed by atoms with Crippen LogP contribution in [-0.4, -0.2) is 26.8 Å². The zero-order valence-corrected chi connectivity index (χ0v) is 8.57. The molecule has 0 atom stereocenters. The molecule has 0 aromatic heterocycles. The molecule has 68 valence electrons. The first kappa shape index (κ1) is 9.58. The Morgan fingerprint density at radius 1 is 1.33 bits per heavy atom. The maximum absolute atomic E-state index is 11.6. The van der Waals surface area contributed by atoms with Gasteiger partial charge in [-0.25, -0.2) is 0 Å². The van der Waals surface area contributed by atoms with Gasteiger partial charge in [0.15, 0.2) is 0 Å². The number of hydrogen-bond donors (Lipinski definition) is 0. The summed E-state index contributed by atoms with van der Waals surface area (Å²) in [7, 11) is 0. The van der Waals surface area contributed by atoms with Crippen molar-refractivity contribution in [2.45, 2.75) is 38.5 Å². The van der Waals surface area contributed by atoms with Crippen LogP contribution < -0.4 is 0 Å². The van der Waals surface area contributed by atoms with Gasteiger partial charge in [-0.3, -0.25) is 14.5 Å². The Kier molecular flexibility index (Phi) is 2.21. The number of carbonyl (C=O) groups is 2. The molecule has 0 bridgehead atoms. The lowest BCUT2D eigenvalue weighted by atomic mass is 10.1. The van der Waals surface area contributed by atoms with E-state index in [1.165, 1.54) is 4.90 Å². The van der Waals surface area contributed by atoms with E-state index in [-0.39, 0.29) is 17.2 Å². The fraction of sp³-hybridized carbons (Fsp3) is 0.750. The molecule has 0 N–H and O–H groups in total. The maximum atomic E-state index is 11.6. The second-order valence-electron chi connectivity index (χ2n) is 3.65. The fourth-order valence-electron chi connectivity index (χ4n) is 1.13. The van der Waals surface area contributed by atoms with Crippen LogP contribution in [0, 0.1) is 0 Å². The average molecular weight is 187 g/mol. The molecule has 1 rings (SSSR count). The van der Waals surface area contributed by atoms with E-state index in [2.05, 4.69) is 0 Å². The van der Waals surface area contributed by atoms with Gasteiger partial charge < -0.3 is 0 Å². The molecule has 0 aromatic carbocycles. The lowest BCUT2D eigenvalue weighted by Gasteiger charge is -2.19. The molecule has 0 radical (unpaired) electrons. The summed E-state index contributed by atoms with van der Waals surface area (Å²) in [5.41, 5.74) is 0. The van der Waals surface area contributed by atoms with Crippen LogP contribution in [-0.2, 0) is 4.79 Å². The Bertz CT molecular complexity index is 235. The van der Waals surface area contributed by atoms with Crippen LogP contribution >= 0.6 is 11.8 Å². The summed E-state index contributed by atoms with van der Waals surface area (Å²) in [6, 6.07) is -0.0284. The summed E-state index contributed by atoms with van der Waals surface area (Å²) in [5.74, 6) is -0.0764. The number of imide groups is 1. The molecule has 1 aliphatic rings. The first-order valence-electron chi connectivity index (χ1n) is 3.93. The summed E-state index contributed by atoms with van der Waals surface area (Å²) >= 11 is 1.10. The van der Waals surface area contributed by atoms with Crippen molar-refractivity contribution in [3.8, 4) is 0 Å². The third kappa shape index (κ3) is 1.35. The molecular weight excluding hydrogens is 174 g/mol. The second kappa shape index (κ2) is 2.76. The quantitative estimate of drug-likeness (QED) is 0.629. The topological polar surface area (TPSA) is 37.4 Å². The average Bonchev–Trinajstić information content (AvgIpc) is 2.02. The molecule has 0 unspecified atom stereocenters. The zero-order chi connectivity index (χ0) is 9.52. The van der Waals surface area contributed by atoms with Gasteiger partial charge in [-0.15, -0.1) is 0 Å². The predicted molar refractivity (Wildman–Crippen MR) is 49.0 cm³/mol. The molecule has 4 heteroatoms. The molecule has 12 heavy (non-hydrogen) atoms. The number of carbonyl (C=O) groups excluding carboxylic acids is 2. The Hall–Kier alpha value is -0.510. The van der Waals surface area contributed by atoms with Gasteiger partial charge in [-0.1, -0.05) is 0 Å². The van der Waals surface area contributed by atoms with Gasteiger partial charge in [-0.05, 0) is 39.5 Å². The van der Waals surface area contributed by atoms with Crippen LogP contribution in [0.25, 0.3) is 0 Å². The normalized spacial score (nSPS) is 22.6. The molecule has 0 spiro atoms. The van der Waals surface area contributed by atoms with Crippen molar-refractivity contribution in [3.05, 3.63) is 0 Å². The molecule has 0 aliphatic carbocycles. The molecular formula is C8H13NO2S. The molecule has 0 saturated carbocycles. The van der Waals surface area contributed by atoms with Crippen LogP contribution in [0.4, 0.5) is 4.79 Å². The molecule has 2 amide bonds. The summed E-state index contributed by atoms with van der Waals surface area (Å²) in [6.07, 6.45) is 0. The van der Waals surface area contributed by atoms with E-state index in [0.29, 0.717) is 0 Å². The lowest BCUT2D eigenvalue weighted by molar-refractivity contribution is -0.129. The van der Waals surface area contributed by atoms with Crippen molar-refractivity contribution >= 4 is 22.9 Å². The zero-order valence-electron chi connectivity index (χ0n) is 7.75. The van der Waals surface area contributed by atoms with E-state index in [1.807, 2.05) is 13.8 Å². The first-order valence-corrected chi connectivity index (χ1v) is 4.74. The van der Waals surface area contributed by atoms with Gasteiger partial charge >= 0.3 is 0 Å². The van der Waals surface area contributed by atoms with Gasteiger partial charge in [-0.2, -0.15) is 0 Å². The minimum absolute atomic E-state index is 0.0284. The van der Waals surface area contributed by atoms with Crippen molar-refractivity contribution in [1.82, 2.24) is 4.90 Å². The van der Waals surface area contributed by atoms with Crippen LogP contribution in [0.3, 0.4) is 0 Å². The van der Waals surface area contributed by atoms with E-state index >= 15 is 0 Å². The van der Waals surface area contributed by atoms with Crippen molar-refractivity contribution in [3.63, 3.8) is 0 Å². The highest BCUT2D eigenvalue weighted by Gasteiger charge is 2.46. The standard InChI is InChI=1S/C8H13NO2S/c1-5(2)9-6(10)8(3,4)12-7(9)11/h5H,1-4H3. The summed E-state index contributed by atoms with van der Waals surface area (Å²) in [6.45, 7) is 7.25. The van der Waals surface area contributed by atoms with Gasteiger partial charge in [0, 0.05) is 6.04 Å². The monoisotopic (exact) mass is 187 g/mol. The molecule has 1 aliphatic heterocycles. The van der Waals surface area contributed by atoms with Crippen LogP contribution in [0.2, 0.25) is 0 Å².